The van der Waals surface area contributed by atoms with Gasteiger partial charge in [0, 0.05) is 12.5 Å². The molecular weight excluding hydrogens is 324 g/mol. The first-order valence-corrected chi connectivity index (χ1v) is 8.84. The van der Waals surface area contributed by atoms with Gasteiger partial charge in [-0.2, -0.15) is 0 Å². The van der Waals surface area contributed by atoms with Crippen molar-refractivity contribution in [3.05, 3.63) is 52.2 Å². The molecule has 2 N–H and O–H groups in total. The predicted molar refractivity (Wildman–Crippen MR) is 93.4 cm³/mol. The summed E-state index contributed by atoms with van der Waals surface area (Å²) in [6.45, 7) is 2.81. The standard InChI is InChI=1S/C18H20N2O3S/c1-12(20-18(22)16-7-4-8-24-16)17(21)19-10-13-9-14-5-2-3-6-15(14)23-11-13/h2-8,12-13H,9-11H2,1H3,(H,19,21)(H,20,22). The van der Waals surface area contributed by atoms with Crippen molar-refractivity contribution < 1.29 is 14.3 Å². The van der Waals surface area contributed by atoms with E-state index in [0.717, 1.165) is 12.2 Å². The molecule has 2 heterocycles. The van der Waals surface area contributed by atoms with E-state index in [4.69, 9.17) is 4.74 Å². The molecule has 3 rings (SSSR count). The van der Waals surface area contributed by atoms with Crippen molar-refractivity contribution in [2.75, 3.05) is 13.2 Å². The molecule has 0 radical (unpaired) electrons. The van der Waals surface area contributed by atoms with E-state index >= 15 is 0 Å². The van der Waals surface area contributed by atoms with Crippen LogP contribution in [0.15, 0.2) is 41.8 Å². The summed E-state index contributed by atoms with van der Waals surface area (Å²) < 4.78 is 5.72. The Labute approximate surface area is 145 Å². The van der Waals surface area contributed by atoms with Gasteiger partial charge in [0.15, 0.2) is 0 Å². The molecule has 2 atom stereocenters. The highest BCUT2D eigenvalue weighted by Gasteiger charge is 2.22. The van der Waals surface area contributed by atoms with Crippen LogP contribution in [-0.2, 0) is 11.2 Å². The Bertz CT molecular complexity index is 715. The van der Waals surface area contributed by atoms with Crippen LogP contribution in [0.3, 0.4) is 0 Å². The quantitative estimate of drug-likeness (QED) is 0.874. The number of carbonyl (C=O) groups is 2. The third-order valence-electron chi connectivity index (χ3n) is 4.01. The molecule has 0 spiro atoms. The molecule has 2 unspecified atom stereocenters. The fraction of sp³-hybridized carbons (Fsp3) is 0.333. The summed E-state index contributed by atoms with van der Waals surface area (Å²) >= 11 is 1.35. The minimum atomic E-state index is -0.573. The monoisotopic (exact) mass is 344 g/mol. The van der Waals surface area contributed by atoms with Gasteiger partial charge in [-0.1, -0.05) is 24.3 Å². The van der Waals surface area contributed by atoms with Crippen molar-refractivity contribution in [2.45, 2.75) is 19.4 Å². The van der Waals surface area contributed by atoms with E-state index in [1.54, 1.807) is 13.0 Å². The SMILES string of the molecule is CC(NC(=O)c1cccs1)C(=O)NCC1COc2ccccc2C1. The van der Waals surface area contributed by atoms with Crippen molar-refractivity contribution >= 4 is 23.2 Å². The van der Waals surface area contributed by atoms with Crippen LogP contribution >= 0.6 is 11.3 Å². The average molecular weight is 344 g/mol. The number of ether oxygens (including phenoxy) is 1. The molecule has 0 aliphatic carbocycles. The van der Waals surface area contributed by atoms with Crippen LogP contribution in [0.1, 0.15) is 22.2 Å². The minimum absolute atomic E-state index is 0.182. The molecule has 2 amide bonds. The average Bonchev–Trinajstić information content (AvgIpc) is 3.14. The van der Waals surface area contributed by atoms with Crippen LogP contribution in [0.5, 0.6) is 5.75 Å². The highest BCUT2D eigenvalue weighted by molar-refractivity contribution is 7.12. The number of rotatable bonds is 5. The summed E-state index contributed by atoms with van der Waals surface area (Å²) in [5.74, 6) is 0.766. The fourth-order valence-electron chi connectivity index (χ4n) is 2.66. The van der Waals surface area contributed by atoms with Gasteiger partial charge in [-0.3, -0.25) is 9.59 Å². The summed E-state index contributed by atoms with van der Waals surface area (Å²) in [4.78, 5) is 24.7. The van der Waals surface area contributed by atoms with Crippen LogP contribution in [0.4, 0.5) is 0 Å². The second kappa shape index (κ2) is 7.49. The maximum absolute atomic E-state index is 12.2. The first-order valence-electron chi connectivity index (χ1n) is 7.96. The Morgan fingerprint density at radius 3 is 2.92 bits per heavy atom. The van der Waals surface area contributed by atoms with Gasteiger partial charge in [0.25, 0.3) is 5.91 Å². The molecule has 1 aromatic carbocycles. The van der Waals surface area contributed by atoms with E-state index in [-0.39, 0.29) is 17.7 Å². The molecule has 6 heteroatoms. The number of fused-ring (bicyclic) bond motifs is 1. The van der Waals surface area contributed by atoms with Gasteiger partial charge < -0.3 is 15.4 Å². The lowest BCUT2D eigenvalue weighted by Crippen LogP contribution is -2.46. The van der Waals surface area contributed by atoms with Crippen molar-refractivity contribution in [1.82, 2.24) is 10.6 Å². The van der Waals surface area contributed by atoms with Gasteiger partial charge in [-0.15, -0.1) is 11.3 Å². The predicted octanol–water partition coefficient (Wildman–Crippen LogP) is 2.23. The first kappa shape index (κ1) is 16.5. The van der Waals surface area contributed by atoms with Gasteiger partial charge in [0.1, 0.15) is 11.8 Å². The summed E-state index contributed by atoms with van der Waals surface area (Å²) in [6.07, 6.45) is 0.881. The lowest BCUT2D eigenvalue weighted by Gasteiger charge is -2.26. The molecule has 24 heavy (non-hydrogen) atoms. The van der Waals surface area contributed by atoms with E-state index in [1.165, 1.54) is 16.9 Å². The number of benzene rings is 1. The van der Waals surface area contributed by atoms with E-state index in [9.17, 15) is 9.59 Å². The van der Waals surface area contributed by atoms with Crippen LogP contribution in [0, 0.1) is 5.92 Å². The van der Waals surface area contributed by atoms with Crippen LogP contribution < -0.4 is 15.4 Å². The van der Waals surface area contributed by atoms with Gasteiger partial charge >= 0.3 is 0 Å². The van der Waals surface area contributed by atoms with Crippen LogP contribution in [0.2, 0.25) is 0 Å². The van der Waals surface area contributed by atoms with Gasteiger partial charge in [-0.25, -0.2) is 0 Å². The third-order valence-corrected chi connectivity index (χ3v) is 4.88. The Balaban J connectivity index is 1.46. The van der Waals surface area contributed by atoms with E-state index in [1.807, 2.05) is 35.7 Å². The molecule has 5 nitrogen and oxygen atoms in total. The smallest absolute Gasteiger partial charge is 0.261 e. The molecule has 1 aliphatic rings. The molecule has 0 saturated heterocycles. The lowest BCUT2D eigenvalue weighted by molar-refractivity contribution is -0.122. The van der Waals surface area contributed by atoms with Crippen LogP contribution in [-0.4, -0.2) is 31.0 Å². The second-order valence-corrected chi connectivity index (χ2v) is 6.85. The van der Waals surface area contributed by atoms with Crippen LogP contribution in [0.25, 0.3) is 0 Å². The zero-order valence-corrected chi connectivity index (χ0v) is 14.3. The van der Waals surface area contributed by atoms with E-state index in [2.05, 4.69) is 10.6 Å². The number of nitrogens with one attached hydrogen (secondary N) is 2. The summed E-state index contributed by atoms with van der Waals surface area (Å²) in [5, 5.41) is 7.45. The van der Waals surface area contributed by atoms with Gasteiger partial charge in [-0.05, 0) is 36.4 Å². The zero-order chi connectivity index (χ0) is 16.9. The maximum atomic E-state index is 12.2. The molecule has 0 saturated carbocycles. The molecular formula is C18H20N2O3S. The Kier molecular flexibility index (Phi) is 5.15. The van der Waals surface area contributed by atoms with Crippen molar-refractivity contribution in [1.29, 1.82) is 0 Å². The number of para-hydroxylation sites is 1. The van der Waals surface area contributed by atoms with Crippen molar-refractivity contribution in [3.8, 4) is 5.75 Å². The molecule has 1 aliphatic heterocycles. The Morgan fingerprint density at radius 2 is 2.12 bits per heavy atom. The van der Waals surface area contributed by atoms with E-state index < -0.39 is 6.04 Å². The molecule has 0 fully saturated rings. The lowest BCUT2D eigenvalue weighted by atomic mass is 9.96. The topological polar surface area (TPSA) is 67.4 Å². The highest BCUT2D eigenvalue weighted by Crippen LogP contribution is 2.26. The minimum Gasteiger partial charge on any atom is -0.493 e. The highest BCUT2D eigenvalue weighted by atomic mass is 32.1. The third kappa shape index (κ3) is 3.94. The number of carbonyl (C=O) groups excluding carboxylic acids is 2. The second-order valence-electron chi connectivity index (χ2n) is 5.91. The fourth-order valence-corrected chi connectivity index (χ4v) is 3.29. The summed E-state index contributed by atoms with van der Waals surface area (Å²) in [5.41, 5.74) is 1.17. The number of amides is 2. The van der Waals surface area contributed by atoms with E-state index in [0.29, 0.717) is 18.0 Å². The summed E-state index contributed by atoms with van der Waals surface area (Å²) in [6, 6.07) is 10.9. The number of hydrogen-bond acceptors (Lipinski definition) is 4. The van der Waals surface area contributed by atoms with Gasteiger partial charge in [0.2, 0.25) is 5.91 Å². The number of thiophene rings is 1. The normalized spacial score (nSPS) is 17.3. The van der Waals surface area contributed by atoms with Crippen molar-refractivity contribution in [3.63, 3.8) is 0 Å². The maximum Gasteiger partial charge on any atom is 0.261 e. The first-order chi connectivity index (χ1) is 11.6. The molecule has 0 bridgehead atoms. The number of hydrogen-bond donors (Lipinski definition) is 2. The molecule has 126 valence electrons. The Morgan fingerprint density at radius 1 is 1.29 bits per heavy atom. The largest absolute Gasteiger partial charge is 0.493 e. The van der Waals surface area contributed by atoms with Crippen molar-refractivity contribution in [2.24, 2.45) is 5.92 Å². The zero-order valence-electron chi connectivity index (χ0n) is 13.5. The molecule has 2 aromatic rings. The Hall–Kier alpha value is -2.34. The van der Waals surface area contributed by atoms with Gasteiger partial charge in [0.05, 0.1) is 11.5 Å². The molecule has 1 aromatic heterocycles. The summed E-state index contributed by atoms with van der Waals surface area (Å²) in [7, 11) is 0.